The van der Waals surface area contributed by atoms with Gasteiger partial charge in [-0.1, -0.05) is 24.3 Å². The molecule has 3 aromatic carbocycles. The van der Waals surface area contributed by atoms with Crippen molar-refractivity contribution in [2.75, 3.05) is 40.0 Å². The lowest BCUT2D eigenvalue weighted by molar-refractivity contribution is 0.00796. The van der Waals surface area contributed by atoms with Crippen LogP contribution in [0.1, 0.15) is 10.4 Å². The van der Waals surface area contributed by atoms with Gasteiger partial charge in [0.05, 0.1) is 32.0 Å². The number of hydrogen-bond donors (Lipinski definition) is 0. The van der Waals surface area contributed by atoms with E-state index < -0.39 is 11.8 Å². The topological polar surface area (TPSA) is 88.3 Å². The Kier molecular flexibility index (Phi) is 7.73. The molecule has 36 heavy (non-hydrogen) atoms. The van der Waals surface area contributed by atoms with Crippen molar-refractivity contribution >= 4 is 5.97 Å². The highest BCUT2D eigenvalue weighted by Gasteiger charge is 2.23. The lowest BCUT2D eigenvalue weighted by Gasteiger charge is -2.10. The Morgan fingerprint density at radius 1 is 0.778 bits per heavy atom. The van der Waals surface area contributed by atoms with E-state index in [1.807, 2.05) is 24.3 Å². The number of halogens is 1. The van der Waals surface area contributed by atoms with Crippen LogP contribution in [0.3, 0.4) is 0 Å². The summed E-state index contributed by atoms with van der Waals surface area (Å²) < 4.78 is 51.2. The van der Waals surface area contributed by atoms with Crippen LogP contribution in [0, 0.1) is 5.82 Å². The molecule has 0 aromatic heterocycles. The fraction of sp³-hybridized carbons (Fsp3) is 0.296. The minimum Gasteiger partial charge on any atom is -0.468 e. The molecule has 8 nitrogen and oxygen atoms in total. The normalized spacial score (nSPS) is 17.9. The van der Waals surface area contributed by atoms with Gasteiger partial charge in [0.1, 0.15) is 23.7 Å². The molecule has 2 unspecified atom stereocenters. The van der Waals surface area contributed by atoms with Gasteiger partial charge in [-0.05, 0) is 47.5 Å². The maximum atomic E-state index is 14.4. The van der Waals surface area contributed by atoms with E-state index in [1.165, 1.54) is 12.1 Å². The fourth-order valence-electron chi connectivity index (χ4n) is 3.26. The van der Waals surface area contributed by atoms with E-state index in [4.69, 9.17) is 33.2 Å². The van der Waals surface area contributed by atoms with Crippen LogP contribution in [-0.4, -0.2) is 58.2 Å². The SMILES string of the molecule is O=C(Oc1ccc(OCOCC2CO2)cc1F)c1ccc(-c2ccc(OCOCC3CO3)cc2)cc1. The second-order valence-electron chi connectivity index (χ2n) is 8.26. The highest BCUT2D eigenvalue weighted by atomic mass is 19.1. The summed E-state index contributed by atoms with van der Waals surface area (Å²) >= 11 is 0. The van der Waals surface area contributed by atoms with Gasteiger partial charge in [-0.2, -0.15) is 0 Å². The first-order valence-corrected chi connectivity index (χ1v) is 11.5. The largest absolute Gasteiger partial charge is 0.468 e. The minimum absolute atomic E-state index is 0.0227. The van der Waals surface area contributed by atoms with Gasteiger partial charge in [0.15, 0.2) is 25.2 Å². The van der Waals surface area contributed by atoms with E-state index in [-0.39, 0.29) is 37.3 Å². The van der Waals surface area contributed by atoms with Gasteiger partial charge in [0.25, 0.3) is 0 Å². The Bertz CT molecular complexity index is 1160. The number of carbonyl (C=O) groups is 1. The molecule has 0 aliphatic carbocycles. The molecule has 2 fully saturated rings. The molecule has 9 heteroatoms. The quantitative estimate of drug-likeness (QED) is 0.114. The first-order valence-electron chi connectivity index (χ1n) is 11.5. The van der Waals surface area contributed by atoms with E-state index >= 15 is 0 Å². The molecule has 0 radical (unpaired) electrons. The van der Waals surface area contributed by atoms with Crippen molar-refractivity contribution in [1.82, 2.24) is 0 Å². The van der Waals surface area contributed by atoms with Gasteiger partial charge in [-0.15, -0.1) is 0 Å². The smallest absolute Gasteiger partial charge is 0.343 e. The summed E-state index contributed by atoms with van der Waals surface area (Å²) in [4.78, 5) is 12.5. The molecule has 0 saturated carbocycles. The monoisotopic (exact) mass is 496 g/mol. The Labute approximate surface area is 207 Å². The first kappa shape index (κ1) is 24.2. The van der Waals surface area contributed by atoms with Gasteiger partial charge in [0.2, 0.25) is 0 Å². The van der Waals surface area contributed by atoms with Gasteiger partial charge in [0, 0.05) is 6.07 Å². The lowest BCUT2D eigenvalue weighted by Crippen LogP contribution is -2.10. The molecule has 0 N–H and O–H groups in total. The third-order valence-electron chi connectivity index (χ3n) is 5.44. The summed E-state index contributed by atoms with van der Waals surface area (Å²) in [6, 6.07) is 18.4. The van der Waals surface area contributed by atoms with E-state index in [0.29, 0.717) is 31.1 Å². The minimum atomic E-state index is -0.712. The molecular weight excluding hydrogens is 471 g/mol. The molecule has 2 aliphatic rings. The van der Waals surface area contributed by atoms with E-state index in [0.717, 1.165) is 23.8 Å². The van der Waals surface area contributed by atoms with Crippen molar-refractivity contribution in [3.8, 4) is 28.4 Å². The summed E-state index contributed by atoms with van der Waals surface area (Å²) in [6.45, 7) is 2.54. The highest BCUT2D eigenvalue weighted by molar-refractivity contribution is 5.91. The van der Waals surface area contributed by atoms with Crippen LogP contribution in [-0.2, 0) is 18.9 Å². The molecular formula is C27H25FO8. The van der Waals surface area contributed by atoms with Crippen LogP contribution < -0.4 is 14.2 Å². The van der Waals surface area contributed by atoms with Gasteiger partial charge in [-0.25, -0.2) is 9.18 Å². The predicted octanol–water partition coefficient (Wildman–Crippen LogP) is 4.22. The molecule has 188 valence electrons. The zero-order valence-electron chi connectivity index (χ0n) is 19.4. The van der Waals surface area contributed by atoms with Gasteiger partial charge >= 0.3 is 5.97 Å². The maximum Gasteiger partial charge on any atom is 0.343 e. The lowest BCUT2D eigenvalue weighted by atomic mass is 10.0. The number of esters is 1. The van der Waals surface area contributed by atoms with Crippen molar-refractivity contribution in [2.24, 2.45) is 0 Å². The van der Waals surface area contributed by atoms with E-state index in [1.54, 1.807) is 24.3 Å². The number of carbonyl (C=O) groups excluding carboxylic acids is 1. The summed E-state index contributed by atoms with van der Waals surface area (Å²) in [5.74, 6) is -0.605. The van der Waals surface area contributed by atoms with Crippen molar-refractivity contribution in [3.63, 3.8) is 0 Å². The molecule has 0 spiro atoms. The zero-order valence-corrected chi connectivity index (χ0v) is 19.4. The van der Waals surface area contributed by atoms with Crippen molar-refractivity contribution in [3.05, 3.63) is 78.1 Å². The van der Waals surface area contributed by atoms with Crippen LogP contribution in [0.2, 0.25) is 0 Å². The second kappa shape index (κ2) is 11.5. The molecule has 5 rings (SSSR count). The Balaban J connectivity index is 1.11. The average molecular weight is 496 g/mol. The third-order valence-corrected chi connectivity index (χ3v) is 5.44. The van der Waals surface area contributed by atoms with Crippen LogP contribution >= 0.6 is 0 Å². The number of rotatable bonds is 13. The Morgan fingerprint density at radius 3 is 1.86 bits per heavy atom. The van der Waals surface area contributed by atoms with Crippen LogP contribution in [0.25, 0.3) is 11.1 Å². The molecule has 0 bridgehead atoms. The molecule has 0 amide bonds. The van der Waals surface area contributed by atoms with Gasteiger partial charge < -0.3 is 33.2 Å². The molecule has 2 atom stereocenters. The number of epoxide rings is 2. The van der Waals surface area contributed by atoms with E-state index in [2.05, 4.69) is 0 Å². The molecule has 2 aliphatic heterocycles. The molecule has 3 aromatic rings. The molecule has 2 heterocycles. The Hall–Kier alpha value is -3.50. The third kappa shape index (κ3) is 7.02. The first-order chi connectivity index (χ1) is 17.6. The molecule has 2 saturated heterocycles. The standard InChI is InChI=1S/C27H25FO8/c28-25-11-22(35-17-31-13-24-15-33-24)9-10-26(25)36-27(29)20-3-1-18(2-4-20)19-5-7-21(8-6-19)34-16-30-12-23-14-32-23/h1-11,23-24H,12-17H2. The number of ether oxygens (including phenoxy) is 7. The Morgan fingerprint density at radius 2 is 1.31 bits per heavy atom. The van der Waals surface area contributed by atoms with E-state index in [9.17, 15) is 9.18 Å². The van der Waals surface area contributed by atoms with Crippen LogP contribution in [0.15, 0.2) is 66.7 Å². The zero-order chi connectivity index (χ0) is 24.7. The second-order valence-corrected chi connectivity index (χ2v) is 8.26. The van der Waals surface area contributed by atoms with Gasteiger partial charge in [-0.3, -0.25) is 0 Å². The van der Waals surface area contributed by atoms with Crippen molar-refractivity contribution in [2.45, 2.75) is 12.2 Å². The number of benzene rings is 3. The van der Waals surface area contributed by atoms with Crippen molar-refractivity contribution in [1.29, 1.82) is 0 Å². The summed E-state index contributed by atoms with van der Waals surface area (Å²) in [6.07, 6.45) is 0.327. The van der Waals surface area contributed by atoms with Crippen LogP contribution in [0.4, 0.5) is 4.39 Å². The van der Waals surface area contributed by atoms with Crippen LogP contribution in [0.5, 0.6) is 17.2 Å². The summed E-state index contributed by atoms with van der Waals surface area (Å²) in [5.41, 5.74) is 2.15. The fourth-order valence-corrected chi connectivity index (χ4v) is 3.26. The highest BCUT2D eigenvalue weighted by Crippen LogP contribution is 2.26. The summed E-state index contributed by atoms with van der Waals surface area (Å²) in [7, 11) is 0. The predicted molar refractivity (Wildman–Crippen MR) is 126 cm³/mol. The maximum absolute atomic E-state index is 14.4. The summed E-state index contributed by atoms with van der Waals surface area (Å²) in [5, 5.41) is 0. The number of hydrogen-bond acceptors (Lipinski definition) is 8. The van der Waals surface area contributed by atoms with Crippen molar-refractivity contribution < 1.29 is 42.3 Å². The average Bonchev–Trinajstić information content (AvgIpc) is 3.83.